The number of rotatable bonds is 4. The predicted molar refractivity (Wildman–Crippen MR) is 82.1 cm³/mol. The molecule has 1 aromatic rings. The molecule has 2 aliphatic rings. The van der Waals surface area contributed by atoms with Crippen LogP contribution in [0.1, 0.15) is 5.56 Å². The minimum absolute atomic E-state index is 0.184. The van der Waals surface area contributed by atoms with Gasteiger partial charge in [0.25, 0.3) is 0 Å². The van der Waals surface area contributed by atoms with Gasteiger partial charge in [0.1, 0.15) is 10.8 Å². The third kappa shape index (κ3) is 3.04. The Hall–Kier alpha value is -1.76. The normalized spacial score (nSPS) is 23.9. The lowest BCUT2D eigenvalue weighted by atomic mass is 9.92. The molecule has 2 heterocycles. The molecule has 0 fully saturated rings. The lowest BCUT2D eigenvalue weighted by Gasteiger charge is -2.24. The third-order valence-corrected chi connectivity index (χ3v) is 4.41. The standard InChI is InChI=1S/C15H13F3N2OS/c16-15(17,18)10-21-12-4-2-11(3-5-12)14(6-1-7-20-14)13-19-8-9-22-13/h1-7H,8-10H2. The fourth-order valence-electron chi connectivity index (χ4n) is 2.34. The number of alkyl halides is 3. The van der Waals surface area contributed by atoms with Gasteiger partial charge in [-0.2, -0.15) is 13.2 Å². The molecule has 22 heavy (non-hydrogen) atoms. The summed E-state index contributed by atoms with van der Waals surface area (Å²) >= 11 is 1.66. The molecule has 0 aromatic heterocycles. The van der Waals surface area contributed by atoms with Crippen LogP contribution in [0.15, 0.2) is 46.4 Å². The Morgan fingerprint density at radius 3 is 2.55 bits per heavy atom. The number of thioether (sulfide) groups is 1. The summed E-state index contributed by atoms with van der Waals surface area (Å²) in [6.45, 7) is -0.532. The van der Waals surface area contributed by atoms with Gasteiger partial charge in [0.15, 0.2) is 12.1 Å². The molecule has 3 nitrogen and oxygen atoms in total. The van der Waals surface area contributed by atoms with Gasteiger partial charge in [-0.3, -0.25) is 9.98 Å². The zero-order chi connectivity index (χ0) is 15.6. The fourth-order valence-corrected chi connectivity index (χ4v) is 3.36. The number of benzene rings is 1. The van der Waals surface area contributed by atoms with Gasteiger partial charge in [-0.25, -0.2) is 0 Å². The van der Waals surface area contributed by atoms with E-state index in [-0.39, 0.29) is 5.75 Å². The van der Waals surface area contributed by atoms with Crippen molar-refractivity contribution in [3.05, 3.63) is 42.0 Å². The second-order valence-electron chi connectivity index (χ2n) is 4.87. The van der Waals surface area contributed by atoms with Gasteiger partial charge < -0.3 is 4.74 Å². The van der Waals surface area contributed by atoms with Crippen molar-refractivity contribution in [1.82, 2.24) is 0 Å². The maximum absolute atomic E-state index is 12.2. The molecule has 0 N–H and O–H groups in total. The van der Waals surface area contributed by atoms with Crippen LogP contribution in [0.4, 0.5) is 13.2 Å². The van der Waals surface area contributed by atoms with Crippen molar-refractivity contribution >= 4 is 23.0 Å². The van der Waals surface area contributed by atoms with Crippen LogP contribution in [0.3, 0.4) is 0 Å². The molecule has 2 aliphatic heterocycles. The van der Waals surface area contributed by atoms with Crippen molar-refractivity contribution in [2.24, 2.45) is 9.98 Å². The van der Waals surface area contributed by atoms with Crippen molar-refractivity contribution in [2.45, 2.75) is 11.7 Å². The number of nitrogens with zero attached hydrogens (tertiary/aromatic N) is 2. The first kappa shape index (κ1) is 15.1. The lowest BCUT2D eigenvalue weighted by molar-refractivity contribution is -0.153. The molecule has 1 aromatic carbocycles. The summed E-state index contributed by atoms with van der Waals surface area (Å²) in [6, 6.07) is 6.54. The second-order valence-corrected chi connectivity index (χ2v) is 5.95. The van der Waals surface area contributed by atoms with E-state index in [1.165, 1.54) is 12.1 Å². The quantitative estimate of drug-likeness (QED) is 0.847. The van der Waals surface area contributed by atoms with Crippen LogP contribution in [0.5, 0.6) is 5.75 Å². The van der Waals surface area contributed by atoms with Gasteiger partial charge in [-0.1, -0.05) is 12.1 Å². The van der Waals surface area contributed by atoms with E-state index in [2.05, 4.69) is 9.98 Å². The molecule has 0 bridgehead atoms. The van der Waals surface area contributed by atoms with E-state index in [4.69, 9.17) is 4.74 Å². The molecule has 0 saturated carbocycles. The maximum Gasteiger partial charge on any atom is 0.422 e. The van der Waals surface area contributed by atoms with Crippen LogP contribution in [0, 0.1) is 0 Å². The Bertz CT molecular complexity index is 623. The number of halogens is 3. The molecule has 3 rings (SSSR count). The molecule has 116 valence electrons. The summed E-state index contributed by atoms with van der Waals surface area (Å²) in [5.74, 6) is 1.11. The van der Waals surface area contributed by atoms with Gasteiger partial charge in [0.05, 0.1) is 0 Å². The average molecular weight is 326 g/mol. The molecule has 1 unspecified atom stereocenters. The summed E-state index contributed by atoms with van der Waals surface area (Å²) in [5, 5.41) is 0.918. The lowest BCUT2D eigenvalue weighted by Crippen LogP contribution is -2.27. The highest BCUT2D eigenvalue weighted by Gasteiger charge is 2.38. The molecular formula is C15H13F3N2OS. The van der Waals surface area contributed by atoms with E-state index in [1.54, 1.807) is 30.1 Å². The molecule has 1 atom stereocenters. The van der Waals surface area contributed by atoms with Crippen LogP contribution in [0.2, 0.25) is 0 Å². The highest BCUT2D eigenvalue weighted by molar-refractivity contribution is 8.14. The molecule has 0 aliphatic carbocycles. The van der Waals surface area contributed by atoms with Gasteiger partial charge in [0.2, 0.25) is 0 Å². The average Bonchev–Trinajstić information content (AvgIpc) is 3.16. The Morgan fingerprint density at radius 2 is 2.00 bits per heavy atom. The Labute approximate surface area is 130 Å². The highest BCUT2D eigenvalue weighted by Crippen LogP contribution is 2.38. The third-order valence-electron chi connectivity index (χ3n) is 3.31. The smallest absolute Gasteiger partial charge is 0.422 e. The van der Waals surface area contributed by atoms with E-state index in [9.17, 15) is 13.2 Å². The van der Waals surface area contributed by atoms with Crippen LogP contribution in [0.25, 0.3) is 0 Å². The summed E-state index contributed by atoms with van der Waals surface area (Å²) < 4.78 is 41.2. The largest absolute Gasteiger partial charge is 0.484 e. The van der Waals surface area contributed by atoms with Crippen molar-refractivity contribution in [1.29, 1.82) is 0 Å². The highest BCUT2D eigenvalue weighted by atomic mass is 32.2. The van der Waals surface area contributed by atoms with Crippen molar-refractivity contribution in [3.63, 3.8) is 0 Å². The number of allylic oxidation sites excluding steroid dienone is 1. The molecule has 0 radical (unpaired) electrons. The SMILES string of the molecule is FC(F)(F)COc1ccc(C2(C3=NCCS3)C=CC=N2)cc1. The fraction of sp³-hybridized carbons (Fsp3) is 0.333. The summed E-state index contributed by atoms with van der Waals surface area (Å²) in [5.41, 5.74) is 0.231. The molecule has 0 spiro atoms. The van der Waals surface area contributed by atoms with Crippen molar-refractivity contribution in [3.8, 4) is 5.75 Å². The monoisotopic (exact) mass is 326 g/mol. The molecule has 0 amide bonds. The topological polar surface area (TPSA) is 34.0 Å². The first-order chi connectivity index (χ1) is 10.5. The van der Waals surface area contributed by atoms with Gasteiger partial charge in [0, 0.05) is 18.5 Å². The number of aliphatic imine (C=N–C) groups is 2. The van der Waals surface area contributed by atoms with E-state index in [0.29, 0.717) is 0 Å². The van der Waals surface area contributed by atoms with Crippen LogP contribution in [-0.4, -0.2) is 36.3 Å². The Kier molecular flexibility index (Phi) is 3.99. The minimum atomic E-state index is -4.34. The molecule has 0 saturated heterocycles. The zero-order valence-electron chi connectivity index (χ0n) is 11.5. The maximum atomic E-state index is 12.2. The van der Waals surface area contributed by atoms with Gasteiger partial charge in [-0.15, -0.1) is 11.8 Å². The molecular weight excluding hydrogens is 313 g/mol. The van der Waals surface area contributed by atoms with Crippen LogP contribution >= 0.6 is 11.8 Å². The molecule has 7 heteroatoms. The Balaban J connectivity index is 1.82. The van der Waals surface area contributed by atoms with E-state index < -0.39 is 18.3 Å². The van der Waals surface area contributed by atoms with Crippen LogP contribution < -0.4 is 4.74 Å². The predicted octanol–water partition coefficient (Wildman–Crippen LogP) is 3.61. The zero-order valence-corrected chi connectivity index (χ0v) is 12.3. The van der Waals surface area contributed by atoms with E-state index >= 15 is 0 Å². The summed E-state index contributed by atoms with van der Waals surface area (Å²) in [4.78, 5) is 9.02. The van der Waals surface area contributed by atoms with Gasteiger partial charge >= 0.3 is 6.18 Å². The first-order valence-electron chi connectivity index (χ1n) is 6.70. The number of hydrogen-bond acceptors (Lipinski definition) is 4. The van der Waals surface area contributed by atoms with Gasteiger partial charge in [-0.05, 0) is 29.8 Å². The summed E-state index contributed by atoms with van der Waals surface area (Å²) in [7, 11) is 0. The van der Waals surface area contributed by atoms with E-state index in [1.807, 2.05) is 12.2 Å². The second kappa shape index (κ2) is 5.79. The number of hydrogen-bond donors (Lipinski definition) is 0. The summed E-state index contributed by atoms with van der Waals surface area (Å²) in [6.07, 6.45) is 1.19. The first-order valence-corrected chi connectivity index (χ1v) is 7.69. The van der Waals surface area contributed by atoms with Crippen molar-refractivity contribution < 1.29 is 17.9 Å². The van der Waals surface area contributed by atoms with E-state index in [0.717, 1.165) is 22.9 Å². The van der Waals surface area contributed by atoms with Crippen LogP contribution in [-0.2, 0) is 5.54 Å². The number of ether oxygens (including phenoxy) is 1. The minimum Gasteiger partial charge on any atom is -0.484 e. The van der Waals surface area contributed by atoms with Crippen molar-refractivity contribution in [2.75, 3.05) is 18.9 Å². The Morgan fingerprint density at radius 1 is 1.23 bits per heavy atom.